The molecule has 70 valence electrons. The third-order valence-corrected chi connectivity index (χ3v) is 3.08. The van der Waals surface area contributed by atoms with Crippen molar-refractivity contribution >= 4 is 0 Å². The SMILES string of the molecule is CCCCCC1(C)CC=CCC1. The molecule has 0 aromatic heterocycles. The summed E-state index contributed by atoms with van der Waals surface area (Å²) in [5.74, 6) is 0. The van der Waals surface area contributed by atoms with E-state index in [4.69, 9.17) is 0 Å². The van der Waals surface area contributed by atoms with Crippen LogP contribution in [0.15, 0.2) is 12.2 Å². The first kappa shape index (κ1) is 9.83. The van der Waals surface area contributed by atoms with Gasteiger partial charge in [0.15, 0.2) is 0 Å². The van der Waals surface area contributed by atoms with E-state index in [-0.39, 0.29) is 0 Å². The molecule has 0 aromatic carbocycles. The predicted octanol–water partition coefficient (Wildman–Crippen LogP) is 4.31. The standard InChI is InChI=1S/C12H22/c1-3-4-6-9-12(2)10-7-5-8-11-12/h5,7H,3-4,6,8-11H2,1-2H3. The van der Waals surface area contributed by atoms with Crippen LogP contribution in [0.1, 0.15) is 58.8 Å². The minimum atomic E-state index is 0.643. The Morgan fingerprint density at radius 2 is 2.08 bits per heavy atom. The Bertz CT molecular complexity index is 146. The largest absolute Gasteiger partial charge is 0.0885 e. The average Bonchev–Trinajstić information content (AvgIpc) is 2.06. The third kappa shape index (κ3) is 3.00. The molecule has 0 fully saturated rings. The fourth-order valence-electron chi connectivity index (χ4n) is 2.05. The predicted molar refractivity (Wildman–Crippen MR) is 55.2 cm³/mol. The second kappa shape index (κ2) is 4.69. The van der Waals surface area contributed by atoms with Crippen molar-refractivity contribution < 1.29 is 0 Å². The summed E-state index contributed by atoms with van der Waals surface area (Å²) in [5, 5.41) is 0. The van der Waals surface area contributed by atoms with Crippen molar-refractivity contribution in [3.05, 3.63) is 12.2 Å². The number of hydrogen-bond acceptors (Lipinski definition) is 0. The van der Waals surface area contributed by atoms with Crippen LogP contribution in [-0.4, -0.2) is 0 Å². The van der Waals surface area contributed by atoms with Gasteiger partial charge in [0, 0.05) is 0 Å². The van der Waals surface area contributed by atoms with Crippen molar-refractivity contribution in [3.63, 3.8) is 0 Å². The molecule has 0 aromatic rings. The first-order valence-electron chi connectivity index (χ1n) is 5.42. The van der Waals surface area contributed by atoms with Crippen molar-refractivity contribution in [1.29, 1.82) is 0 Å². The normalized spacial score (nSPS) is 29.2. The van der Waals surface area contributed by atoms with Crippen LogP contribution in [0, 0.1) is 5.41 Å². The smallest absolute Gasteiger partial charge is 0.0288 e. The summed E-state index contributed by atoms with van der Waals surface area (Å²) in [6, 6.07) is 0. The summed E-state index contributed by atoms with van der Waals surface area (Å²) in [5.41, 5.74) is 0.643. The quantitative estimate of drug-likeness (QED) is 0.431. The Labute approximate surface area is 77.1 Å². The van der Waals surface area contributed by atoms with E-state index in [1.54, 1.807) is 0 Å². The fourth-order valence-corrected chi connectivity index (χ4v) is 2.05. The van der Waals surface area contributed by atoms with Gasteiger partial charge in [0.25, 0.3) is 0 Å². The van der Waals surface area contributed by atoms with Crippen molar-refractivity contribution in [3.8, 4) is 0 Å². The maximum Gasteiger partial charge on any atom is -0.0288 e. The third-order valence-electron chi connectivity index (χ3n) is 3.08. The Hall–Kier alpha value is -0.260. The minimum absolute atomic E-state index is 0.643. The van der Waals surface area contributed by atoms with Crippen LogP contribution in [0.4, 0.5) is 0 Å². The second-order valence-corrected chi connectivity index (χ2v) is 4.48. The van der Waals surface area contributed by atoms with Crippen LogP contribution in [0.25, 0.3) is 0 Å². The van der Waals surface area contributed by atoms with Gasteiger partial charge in [0.05, 0.1) is 0 Å². The van der Waals surface area contributed by atoms with Gasteiger partial charge in [-0.25, -0.2) is 0 Å². The Morgan fingerprint density at radius 1 is 1.25 bits per heavy atom. The number of rotatable bonds is 4. The summed E-state index contributed by atoms with van der Waals surface area (Å²) in [6.07, 6.45) is 14.4. The molecule has 0 bridgehead atoms. The van der Waals surface area contributed by atoms with Gasteiger partial charge in [-0.2, -0.15) is 0 Å². The van der Waals surface area contributed by atoms with Gasteiger partial charge in [-0.05, 0) is 31.1 Å². The van der Waals surface area contributed by atoms with E-state index in [2.05, 4.69) is 26.0 Å². The lowest BCUT2D eigenvalue weighted by Gasteiger charge is -2.30. The lowest BCUT2D eigenvalue weighted by Crippen LogP contribution is -2.17. The second-order valence-electron chi connectivity index (χ2n) is 4.48. The molecule has 1 aliphatic rings. The summed E-state index contributed by atoms with van der Waals surface area (Å²) in [6.45, 7) is 4.73. The zero-order valence-electron chi connectivity index (χ0n) is 8.60. The van der Waals surface area contributed by atoms with Gasteiger partial charge >= 0.3 is 0 Å². The van der Waals surface area contributed by atoms with E-state index < -0.39 is 0 Å². The molecule has 0 heterocycles. The van der Waals surface area contributed by atoms with E-state index in [0.717, 1.165) is 0 Å². The summed E-state index contributed by atoms with van der Waals surface area (Å²) in [4.78, 5) is 0. The summed E-state index contributed by atoms with van der Waals surface area (Å²) < 4.78 is 0. The summed E-state index contributed by atoms with van der Waals surface area (Å²) in [7, 11) is 0. The van der Waals surface area contributed by atoms with E-state index in [9.17, 15) is 0 Å². The van der Waals surface area contributed by atoms with Crippen LogP contribution in [-0.2, 0) is 0 Å². The van der Waals surface area contributed by atoms with Crippen LogP contribution in [0.3, 0.4) is 0 Å². The molecule has 0 radical (unpaired) electrons. The van der Waals surface area contributed by atoms with Crippen molar-refractivity contribution in [2.45, 2.75) is 58.8 Å². The van der Waals surface area contributed by atoms with E-state index >= 15 is 0 Å². The van der Waals surface area contributed by atoms with Gasteiger partial charge in [-0.15, -0.1) is 0 Å². The van der Waals surface area contributed by atoms with Crippen LogP contribution in [0.2, 0.25) is 0 Å². The molecule has 0 aliphatic heterocycles. The first-order valence-corrected chi connectivity index (χ1v) is 5.42. The number of hydrogen-bond donors (Lipinski definition) is 0. The summed E-state index contributed by atoms with van der Waals surface area (Å²) >= 11 is 0. The van der Waals surface area contributed by atoms with E-state index in [1.165, 1.54) is 44.9 Å². The molecule has 0 N–H and O–H groups in total. The molecule has 0 heteroatoms. The van der Waals surface area contributed by atoms with Crippen LogP contribution >= 0.6 is 0 Å². The monoisotopic (exact) mass is 166 g/mol. The van der Waals surface area contributed by atoms with Crippen LogP contribution in [0.5, 0.6) is 0 Å². The maximum atomic E-state index is 2.45. The Kier molecular flexibility index (Phi) is 3.84. The lowest BCUT2D eigenvalue weighted by atomic mass is 9.75. The molecular formula is C12H22. The molecule has 1 atom stereocenters. The topological polar surface area (TPSA) is 0 Å². The zero-order valence-corrected chi connectivity index (χ0v) is 8.60. The highest BCUT2D eigenvalue weighted by atomic mass is 14.3. The van der Waals surface area contributed by atoms with Gasteiger partial charge in [-0.3, -0.25) is 0 Å². The minimum Gasteiger partial charge on any atom is -0.0885 e. The first-order chi connectivity index (χ1) is 5.77. The van der Waals surface area contributed by atoms with Crippen LogP contribution < -0.4 is 0 Å². The molecular weight excluding hydrogens is 144 g/mol. The Morgan fingerprint density at radius 3 is 2.67 bits per heavy atom. The Balaban J connectivity index is 2.23. The van der Waals surface area contributed by atoms with Gasteiger partial charge in [0.1, 0.15) is 0 Å². The molecule has 0 spiro atoms. The van der Waals surface area contributed by atoms with Crippen molar-refractivity contribution in [2.75, 3.05) is 0 Å². The molecule has 0 nitrogen and oxygen atoms in total. The lowest BCUT2D eigenvalue weighted by molar-refractivity contribution is 0.258. The molecule has 0 saturated carbocycles. The molecule has 0 saturated heterocycles. The van der Waals surface area contributed by atoms with Gasteiger partial charge < -0.3 is 0 Å². The molecule has 1 aliphatic carbocycles. The average molecular weight is 166 g/mol. The van der Waals surface area contributed by atoms with Crippen molar-refractivity contribution in [1.82, 2.24) is 0 Å². The number of unbranched alkanes of at least 4 members (excludes halogenated alkanes) is 2. The fraction of sp³-hybridized carbons (Fsp3) is 0.833. The highest BCUT2D eigenvalue weighted by molar-refractivity contribution is 4.95. The molecule has 1 rings (SSSR count). The van der Waals surface area contributed by atoms with Gasteiger partial charge in [-0.1, -0.05) is 45.3 Å². The van der Waals surface area contributed by atoms with E-state index in [1.807, 2.05) is 0 Å². The molecule has 12 heavy (non-hydrogen) atoms. The number of allylic oxidation sites excluding steroid dienone is 2. The highest BCUT2D eigenvalue weighted by Gasteiger charge is 2.23. The highest BCUT2D eigenvalue weighted by Crippen LogP contribution is 2.36. The van der Waals surface area contributed by atoms with Gasteiger partial charge in [0.2, 0.25) is 0 Å². The maximum absolute atomic E-state index is 2.45. The molecule has 0 amide bonds. The zero-order chi connectivity index (χ0) is 8.86. The molecule has 1 unspecified atom stereocenters. The van der Waals surface area contributed by atoms with Crippen molar-refractivity contribution in [2.24, 2.45) is 5.41 Å². The van der Waals surface area contributed by atoms with E-state index in [0.29, 0.717) is 5.41 Å².